The van der Waals surface area contributed by atoms with E-state index >= 15 is 0 Å². The minimum Gasteiger partial charge on any atom is -0.486 e. The number of ether oxygens (including phenoxy) is 5. The number of carbonyl (C=O) groups excluding carboxylic acids is 2. The largest absolute Gasteiger partial charge is 0.534 e. The van der Waals surface area contributed by atoms with Gasteiger partial charge in [-0.3, -0.25) is 0 Å². The van der Waals surface area contributed by atoms with Gasteiger partial charge in [0.2, 0.25) is 0 Å². The van der Waals surface area contributed by atoms with Gasteiger partial charge in [-0.05, 0) is 77.9 Å². The molecule has 0 spiro atoms. The van der Waals surface area contributed by atoms with Gasteiger partial charge >= 0.3 is 12.2 Å². The minimum absolute atomic E-state index is 0.0855. The molecule has 1 aliphatic heterocycles. The van der Waals surface area contributed by atoms with Crippen LogP contribution in [0.3, 0.4) is 0 Å². The lowest BCUT2D eigenvalue weighted by atomic mass is 10.2. The third kappa shape index (κ3) is 8.24. The lowest BCUT2D eigenvalue weighted by Gasteiger charge is -2.31. The van der Waals surface area contributed by atoms with Crippen molar-refractivity contribution in [3.8, 4) is 23.0 Å². The van der Waals surface area contributed by atoms with Crippen molar-refractivity contribution in [1.29, 1.82) is 0 Å². The van der Waals surface area contributed by atoms with Gasteiger partial charge in [-0.2, -0.15) is 0 Å². The number of halogens is 1. The summed E-state index contributed by atoms with van der Waals surface area (Å²) in [6, 6.07) is 10.6. The molecule has 1 heterocycles. The van der Waals surface area contributed by atoms with Gasteiger partial charge in [0.1, 0.15) is 41.7 Å². The van der Waals surface area contributed by atoms with Crippen molar-refractivity contribution in [2.24, 2.45) is 0 Å². The standard InChI is InChI=1S/C25H30FNO8/c1-24(2,3)33-22(28)27(35-23(29)34-25(4,5)6)14-19-15-30-20-12-11-18(13-21(20)32-19)31-17-9-7-16(26)8-10-17/h7-13,19H,14-15H2,1-6H3/t19-/m0/s1. The molecule has 0 aliphatic carbocycles. The van der Waals surface area contributed by atoms with Crippen LogP contribution >= 0.6 is 0 Å². The number of rotatable bonds is 4. The second kappa shape index (κ2) is 10.3. The van der Waals surface area contributed by atoms with Crippen molar-refractivity contribution in [2.45, 2.75) is 58.8 Å². The first-order valence-electron chi connectivity index (χ1n) is 11.1. The van der Waals surface area contributed by atoms with E-state index in [0.29, 0.717) is 23.0 Å². The van der Waals surface area contributed by atoms with Crippen LogP contribution in [0.25, 0.3) is 0 Å². The maximum absolute atomic E-state index is 13.1. The highest BCUT2D eigenvalue weighted by Crippen LogP contribution is 2.36. The number of fused-ring (bicyclic) bond motifs is 1. The smallest absolute Gasteiger partial charge is 0.486 e. The molecule has 2 aromatic carbocycles. The van der Waals surface area contributed by atoms with Gasteiger partial charge < -0.3 is 28.5 Å². The monoisotopic (exact) mass is 491 g/mol. The number of amides is 1. The molecule has 9 nitrogen and oxygen atoms in total. The molecule has 0 N–H and O–H groups in total. The topological polar surface area (TPSA) is 92.8 Å². The molecule has 2 aromatic rings. The molecule has 1 atom stereocenters. The molecule has 0 aromatic heterocycles. The molecule has 0 saturated heterocycles. The molecule has 0 bridgehead atoms. The Balaban J connectivity index is 1.71. The van der Waals surface area contributed by atoms with Crippen LogP contribution in [0.2, 0.25) is 0 Å². The van der Waals surface area contributed by atoms with Crippen molar-refractivity contribution in [3.05, 3.63) is 48.3 Å². The summed E-state index contributed by atoms with van der Waals surface area (Å²) in [5.41, 5.74) is -1.64. The summed E-state index contributed by atoms with van der Waals surface area (Å²) in [6.07, 6.45) is -2.64. The summed E-state index contributed by atoms with van der Waals surface area (Å²) in [7, 11) is 0. The van der Waals surface area contributed by atoms with E-state index in [1.54, 1.807) is 59.7 Å². The quantitative estimate of drug-likeness (QED) is 0.388. The highest BCUT2D eigenvalue weighted by molar-refractivity contribution is 5.70. The molecule has 0 saturated carbocycles. The zero-order chi connectivity index (χ0) is 25.8. The molecule has 190 valence electrons. The number of hydrogen-bond donors (Lipinski definition) is 0. The van der Waals surface area contributed by atoms with Crippen LogP contribution < -0.4 is 14.2 Å². The maximum atomic E-state index is 13.1. The fraction of sp³-hybridized carbons (Fsp3) is 0.440. The Kier molecular flexibility index (Phi) is 7.62. The molecule has 1 amide bonds. The second-order valence-corrected chi connectivity index (χ2v) is 9.81. The highest BCUT2D eigenvalue weighted by atomic mass is 19.1. The predicted octanol–water partition coefficient (Wildman–Crippen LogP) is 5.86. The van der Waals surface area contributed by atoms with Crippen molar-refractivity contribution >= 4 is 12.2 Å². The number of benzene rings is 2. The average Bonchev–Trinajstić information content (AvgIpc) is 2.72. The van der Waals surface area contributed by atoms with Gasteiger partial charge in [0.05, 0.1) is 0 Å². The van der Waals surface area contributed by atoms with Crippen molar-refractivity contribution in [1.82, 2.24) is 5.06 Å². The molecule has 0 unspecified atom stereocenters. The summed E-state index contributed by atoms with van der Waals surface area (Å²) in [6.45, 7) is 9.99. The zero-order valence-corrected chi connectivity index (χ0v) is 20.6. The van der Waals surface area contributed by atoms with E-state index in [4.69, 9.17) is 28.5 Å². The summed E-state index contributed by atoms with van der Waals surface area (Å²) in [5.74, 6) is 1.35. The molecular weight excluding hydrogens is 461 g/mol. The van der Waals surface area contributed by atoms with Crippen LogP contribution in [0, 0.1) is 5.82 Å². The summed E-state index contributed by atoms with van der Waals surface area (Å²) in [5, 5.41) is 0.747. The lowest BCUT2D eigenvalue weighted by Crippen LogP contribution is -2.46. The SMILES string of the molecule is CC(C)(C)OC(=O)ON(C[C@H]1COc2ccc(Oc3ccc(F)cc3)cc2O1)C(=O)OC(C)(C)C. The molecule has 10 heteroatoms. The summed E-state index contributed by atoms with van der Waals surface area (Å²) >= 11 is 0. The summed E-state index contributed by atoms with van der Waals surface area (Å²) in [4.78, 5) is 30.0. The number of hydroxylamine groups is 2. The number of hydrogen-bond acceptors (Lipinski definition) is 8. The van der Waals surface area contributed by atoms with E-state index in [2.05, 4.69) is 0 Å². The normalized spacial score (nSPS) is 15.1. The van der Waals surface area contributed by atoms with Gasteiger partial charge in [0.25, 0.3) is 0 Å². The first-order valence-corrected chi connectivity index (χ1v) is 11.1. The fourth-order valence-corrected chi connectivity index (χ4v) is 2.89. The van der Waals surface area contributed by atoms with Gasteiger partial charge in [-0.1, -0.05) is 0 Å². The van der Waals surface area contributed by atoms with E-state index in [-0.39, 0.29) is 19.0 Å². The molecular formula is C25H30FNO8. The van der Waals surface area contributed by atoms with Crippen LogP contribution in [-0.2, 0) is 14.3 Å². The van der Waals surface area contributed by atoms with E-state index < -0.39 is 29.6 Å². The van der Waals surface area contributed by atoms with Crippen LogP contribution in [0.1, 0.15) is 41.5 Å². The first kappa shape index (κ1) is 25.9. The fourth-order valence-electron chi connectivity index (χ4n) is 2.89. The Morgan fingerprint density at radius 3 is 2.20 bits per heavy atom. The van der Waals surface area contributed by atoms with E-state index in [1.165, 1.54) is 24.3 Å². The molecule has 1 aliphatic rings. The Morgan fingerprint density at radius 1 is 0.943 bits per heavy atom. The highest BCUT2D eigenvalue weighted by Gasteiger charge is 2.33. The van der Waals surface area contributed by atoms with Crippen LogP contribution in [0.5, 0.6) is 23.0 Å². The third-order valence-corrected chi connectivity index (χ3v) is 4.22. The van der Waals surface area contributed by atoms with Crippen molar-refractivity contribution in [2.75, 3.05) is 13.2 Å². The predicted molar refractivity (Wildman–Crippen MR) is 123 cm³/mol. The van der Waals surface area contributed by atoms with Crippen molar-refractivity contribution in [3.63, 3.8) is 0 Å². The summed E-state index contributed by atoms with van der Waals surface area (Å²) < 4.78 is 41.1. The number of nitrogens with zero attached hydrogens (tertiary/aromatic N) is 1. The van der Waals surface area contributed by atoms with Gasteiger partial charge in [-0.15, -0.1) is 5.06 Å². The Labute approximate surface area is 203 Å². The molecule has 35 heavy (non-hydrogen) atoms. The molecule has 0 fully saturated rings. The van der Waals surface area contributed by atoms with Crippen LogP contribution in [-0.4, -0.2) is 47.8 Å². The van der Waals surface area contributed by atoms with E-state index in [0.717, 1.165) is 5.06 Å². The Bertz CT molecular complexity index is 1040. The van der Waals surface area contributed by atoms with Crippen molar-refractivity contribution < 1.29 is 42.5 Å². The molecule has 3 rings (SSSR count). The second-order valence-electron chi connectivity index (χ2n) is 9.81. The Morgan fingerprint density at radius 2 is 1.57 bits per heavy atom. The third-order valence-electron chi connectivity index (χ3n) is 4.22. The first-order chi connectivity index (χ1) is 16.3. The van der Waals surface area contributed by atoms with Gasteiger partial charge in [-0.25, -0.2) is 14.0 Å². The van der Waals surface area contributed by atoms with Crippen LogP contribution in [0.4, 0.5) is 14.0 Å². The van der Waals surface area contributed by atoms with E-state index in [9.17, 15) is 14.0 Å². The molecule has 0 radical (unpaired) electrons. The van der Waals surface area contributed by atoms with Gasteiger partial charge in [0, 0.05) is 6.07 Å². The minimum atomic E-state index is -1.06. The average molecular weight is 492 g/mol. The Hall–Kier alpha value is -3.69. The van der Waals surface area contributed by atoms with Gasteiger partial charge in [0.15, 0.2) is 17.6 Å². The number of carbonyl (C=O) groups is 2. The lowest BCUT2D eigenvalue weighted by molar-refractivity contribution is -0.147. The maximum Gasteiger partial charge on any atom is 0.534 e. The van der Waals surface area contributed by atoms with E-state index in [1.807, 2.05) is 0 Å². The van der Waals surface area contributed by atoms with Crippen LogP contribution in [0.15, 0.2) is 42.5 Å². The zero-order valence-electron chi connectivity index (χ0n) is 20.6.